The highest BCUT2D eigenvalue weighted by molar-refractivity contribution is 7.91. The van der Waals surface area contributed by atoms with Crippen LogP contribution in [0.4, 0.5) is 0 Å². The standard InChI is InChI=1S/C10H23NO4S/c1-3-11-10(5-6-12)9-16(13,14)8-4-7-15-2/h10-12H,3-9H2,1-2H3. The van der Waals surface area contributed by atoms with Gasteiger partial charge in [-0.1, -0.05) is 6.92 Å². The van der Waals surface area contributed by atoms with Gasteiger partial charge in [0.1, 0.15) is 0 Å². The number of hydrogen-bond acceptors (Lipinski definition) is 5. The summed E-state index contributed by atoms with van der Waals surface area (Å²) in [6.45, 7) is 3.09. The van der Waals surface area contributed by atoms with Gasteiger partial charge in [0.2, 0.25) is 0 Å². The Kier molecular flexibility index (Phi) is 8.83. The van der Waals surface area contributed by atoms with Crippen LogP contribution in [0.25, 0.3) is 0 Å². The molecule has 2 N–H and O–H groups in total. The zero-order valence-corrected chi connectivity index (χ0v) is 10.9. The third kappa shape index (κ3) is 8.04. The van der Waals surface area contributed by atoms with Crippen molar-refractivity contribution in [2.45, 2.75) is 25.8 Å². The minimum atomic E-state index is -3.05. The molecule has 6 heteroatoms. The highest BCUT2D eigenvalue weighted by Gasteiger charge is 2.17. The Labute approximate surface area is 98.1 Å². The average molecular weight is 253 g/mol. The third-order valence-corrected chi connectivity index (χ3v) is 4.05. The molecule has 98 valence electrons. The molecule has 0 saturated carbocycles. The van der Waals surface area contributed by atoms with Crippen molar-refractivity contribution in [3.8, 4) is 0 Å². The molecule has 5 nitrogen and oxygen atoms in total. The third-order valence-electron chi connectivity index (χ3n) is 2.23. The lowest BCUT2D eigenvalue weighted by molar-refractivity contribution is 0.199. The van der Waals surface area contributed by atoms with E-state index >= 15 is 0 Å². The van der Waals surface area contributed by atoms with E-state index in [1.165, 1.54) is 0 Å². The molecule has 1 unspecified atom stereocenters. The molecule has 0 amide bonds. The molecular weight excluding hydrogens is 230 g/mol. The number of aliphatic hydroxyl groups excluding tert-OH is 1. The van der Waals surface area contributed by atoms with E-state index in [4.69, 9.17) is 9.84 Å². The van der Waals surface area contributed by atoms with Crippen LogP contribution in [0, 0.1) is 0 Å². The molecule has 0 aliphatic carbocycles. The molecule has 0 aromatic rings. The SMILES string of the molecule is CCNC(CCO)CS(=O)(=O)CCCOC. The first-order valence-corrected chi connectivity index (χ1v) is 7.41. The summed E-state index contributed by atoms with van der Waals surface area (Å²) in [6, 6.07) is -0.150. The van der Waals surface area contributed by atoms with Crippen LogP contribution in [0.3, 0.4) is 0 Å². The summed E-state index contributed by atoms with van der Waals surface area (Å²) < 4.78 is 28.2. The van der Waals surface area contributed by atoms with Crippen LogP contribution >= 0.6 is 0 Å². The molecule has 0 aliphatic rings. The Morgan fingerprint density at radius 2 is 2.12 bits per heavy atom. The monoisotopic (exact) mass is 253 g/mol. The molecule has 0 radical (unpaired) electrons. The number of nitrogens with one attached hydrogen (secondary N) is 1. The second-order valence-electron chi connectivity index (χ2n) is 3.73. The Morgan fingerprint density at radius 1 is 1.44 bits per heavy atom. The fourth-order valence-corrected chi connectivity index (χ4v) is 3.12. The number of rotatable bonds is 10. The van der Waals surface area contributed by atoms with Crippen molar-refractivity contribution in [3.05, 3.63) is 0 Å². The van der Waals surface area contributed by atoms with Gasteiger partial charge in [-0.05, 0) is 19.4 Å². The zero-order valence-electron chi connectivity index (χ0n) is 10.1. The maximum Gasteiger partial charge on any atom is 0.151 e. The van der Waals surface area contributed by atoms with Crippen LogP contribution in [0.2, 0.25) is 0 Å². The van der Waals surface area contributed by atoms with E-state index in [0.29, 0.717) is 26.0 Å². The van der Waals surface area contributed by atoms with Gasteiger partial charge in [0.05, 0.1) is 11.5 Å². The number of ether oxygens (including phenoxy) is 1. The largest absolute Gasteiger partial charge is 0.396 e. The summed E-state index contributed by atoms with van der Waals surface area (Å²) in [4.78, 5) is 0. The minimum absolute atomic E-state index is 0.00522. The van der Waals surface area contributed by atoms with Crippen molar-refractivity contribution in [2.24, 2.45) is 0 Å². The fourth-order valence-electron chi connectivity index (χ4n) is 1.50. The molecular formula is C10H23NO4S. The Bertz CT molecular complexity index is 248. The predicted octanol–water partition coefficient (Wildman–Crippen LogP) is -0.202. The topological polar surface area (TPSA) is 75.6 Å². The molecule has 0 aromatic heterocycles. The second-order valence-corrected chi connectivity index (χ2v) is 5.96. The van der Waals surface area contributed by atoms with Crippen molar-refractivity contribution in [1.29, 1.82) is 0 Å². The molecule has 0 rings (SSSR count). The maximum atomic E-state index is 11.7. The molecule has 0 spiro atoms. The van der Waals surface area contributed by atoms with Crippen molar-refractivity contribution in [2.75, 3.05) is 38.4 Å². The summed E-state index contributed by atoms with van der Waals surface area (Å²) >= 11 is 0. The van der Waals surface area contributed by atoms with Crippen LogP contribution in [0.15, 0.2) is 0 Å². The lowest BCUT2D eigenvalue weighted by Gasteiger charge is -2.16. The number of aliphatic hydroxyl groups is 1. The summed E-state index contributed by atoms with van der Waals surface area (Å²) in [6.07, 6.45) is 0.994. The van der Waals surface area contributed by atoms with Gasteiger partial charge in [-0.15, -0.1) is 0 Å². The molecule has 16 heavy (non-hydrogen) atoms. The van der Waals surface area contributed by atoms with E-state index in [1.807, 2.05) is 6.92 Å². The maximum absolute atomic E-state index is 11.7. The molecule has 0 bridgehead atoms. The quantitative estimate of drug-likeness (QED) is 0.527. The van der Waals surface area contributed by atoms with E-state index < -0.39 is 9.84 Å². The van der Waals surface area contributed by atoms with E-state index in [2.05, 4.69) is 5.32 Å². The van der Waals surface area contributed by atoms with Crippen molar-refractivity contribution >= 4 is 9.84 Å². The number of methoxy groups -OCH3 is 1. The van der Waals surface area contributed by atoms with Gasteiger partial charge in [0.15, 0.2) is 9.84 Å². The predicted molar refractivity (Wildman–Crippen MR) is 64.3 cm³/mol. The van der Waals surface area contributed by atoms with Gasteiger partial charge in [0.25, 0.3) is 0 Å². The van der Waals surface area contributed by atoms with E-state index in [1.54, 1.807) is 7.11 Å². The first-order chi connectivity index (χ1) is 7.55. The van der Waals surface area contributed by atoms with Crippen molar-refractivity contribution in [1.82, 2.24) is 5.32 Å². The van der Waals surface area contributed by atoms with Crippen LogP contribution in [0.5, 0.6) is 0 Å². The summed E-state index contributed by atoms with van der Waals surface area (Å²) in [7, 11) is -1.50. The highest BCUT2D eigenvalue weighted by atomic mass is 32.2. The van der Waals surface area contributed by atoms with Gasteiger partial charge < -0.3 is 15.2 Å². The van der Waals surface area contributed by atoms with Gasteiger partial charge in [0, 0.05) is 26.4 Å². The van der Waals surface area contributed by atoms with Gasteiger partial charge in [-0.3, -0.25) is 0 Å². The number of hydrogen-bond donors (Lipinski definition) is 2. The fraction of sp³-hybridized carbons (Fsp3) is 1.00. The molecule has 0 saturated heterocycles. The first kappa shape index (κ1) is 15.8. The first-order valence-electron chi connectivity index (χ1n) is 5.59. The van der Waals surface area contributed by atoms with Gasteiger partial charge in [-0.25, -0.2) is 8.42 Å². The molecule has 0 heterocycles. The second kappa shape index (κ2) is 8.92. The summed E-state index contributed by atoms with van der Waals surface area (Å²) in [5, 5.41) is 11.9. The average Bonchev–Trinajstić information content (AvgIpc) is 2.18. The van der Waals surface area contributed by atoms with Gasteiger partial charge >= 0.3 is 0 Å². The van der Waals surface area contributed by atoms with Crippen LogP contribution in [-0.4, -0.2) is 57.9 Å². The highest BCUT2D eigenvalue weighted by Crippen LogP contribution is 2.01. The van der Waals surface area contributed by atoms with E-state index in [9.17, 15) is 8.42 Å². The van der Waals surface area contributed by atoms with Crippen molar-refractivity contribution < 1.29 is 18.3 Å². The molecule has 0 fully saturated rings. The van der Waals surface area contributed by atoms with Crippen LogP contribution in [-0.2, 0) is 14.6 Å². The lowest BCUT2D eigenvalue weighted by atomic mass is 10.2. The van der Waals surface area contributed by atoms with E-state index in [0.717, 1.165) is 0 Å². The summed E-state index contributed by atoms with van der Waals surface area (Å²) in [5.74, 6) is 0.235. The van der Waals surface area contributed by atoms with Gasteiger partial charge in [-0.2, -0.15) is 0 Å². The Balaban J connectivity index is 4.08. The molecule has 0 aliphatic heterocycles. The molecule has 0 aromatic carbocycles. The zero-order chi connectivity index (χ0) is 12.4. The Morgan fingerprint density at radius 3 is 2.62 bits per heavy atom. The lowest BCUT2D eigenvalue weighted by Crippen LogP contribution is -2.37. The van der Waals surface area contributed by atoms with Crippen LogP contribution < -0.4 is 5.32 Å². The smallest absolute Gasteiger partial charge is 0.151 e. The van der Waals surface area contributed by atoms with Crippen LogP contribution in [0.1, 0.15) is 19.8 Å². The Hall–Kier alpha value is -0.170. The summed E-state index contributed by atoms with van der Waals surface area (Å²) in [5.41, 5.74) is 0. The van der Waals surface area contributed by atoms with E-state index in [-0.39, 0.29) is 24.2 Å². The normalized spacial score (nSPS) is 13.9. The molecule has 1 atom stereocenters. The minimum Gasteiger partial charge on any atom is -0.396 e. The van der Waals surface area contributed by atoms with Crippen molar-refractivity contribution in [3.63, 3.8) is 0 Å². The number of sulfone groups is 1.